The Bertz CT molecular complexity index is 620. The minimum Gasteiger partial charge on any atom is -0.465 e. The van der Waals surface area contributed by atoms with Gasteiger partial charge in [-0.1, -0.05) is 0 Å². The van der Waals surface area contributed by atoms with E-state index in [0.717, 1.165) is 5.56 Å². The van der Waals surface area contributed by atoms with Gasteiger partial charge >= 0.3 is 13.6 Å². The van der Waals surface area contributed by atoms with Crippen molar-refractivity contribution in [1.82, 2.24) is 4.98 Å². The van der Waals surface area contributed by atoms with Gasteiger partial charge in [0, 0.05) is 16.8 Å². The monoisotopic (exact) mass is 329 g/mol. The van der Waals surface area contributed by atoms with Crippen LogP contribution in [0.2, 0.25) is 0 Å². The molecule has 0 N–H and O–H groups in total. The number of carbonyl (C=O) groups excluding carboxylic acids is 1. The van der Waals surface area contributed by atoms with E-state index in [1.54, 1.807) is 20.8 Å². The first kappa shape index (κ1) is 17.1. The van der Waals surface area contributed by atoms with Gasteiger partial charge in [0.05, 0.1) is 39.1 Å². The molecular formula is C14H20NO6P. The van der Waals surface area contributed by atoms with Gasteiger partial charge in [-0.25, -0.2) is 9.78 Å². The second kappa shape index (κ2) is 6.87. The number of carbonyl (C=O) groups is 1. The lowest BCUT2D eigenvalue weighted by molar-refractivity contribution is 0.0596. The zero-order chi connectivity index (χ0) is 16.3. The van der Waals surface area contributed by atoms with Crippen LogP contribution in [0.25, 0.3) is 0 Å². The van der Waals surface area contributed by atoms with Crippen molar-refractivity contribution in [2.45, 2.75) is 34.0 Å². The fraction of sp³-hybridized carbons (Fsp3) is 0.571. The molecule has 2 rings (SSSR count). The highest BCUT2D eigenvalue weighted by atomic mass is 31.2. The van der Waals surface area contributed by atoms with E-state index in [1.807, 2.05) is 0 Å². The highest BCUT2D eigenvalue weighted by Crippen LogP contribution is 2.48. The Balaban J connectivity index is 2.71. The first-order valence-electron chi connectivity index (χ1n) is 7.06. The minimum absolute atomic E-state index is 0.00444. The molecule has 8 heteroatoms. The van der Waals surface area contributed by atoms with Crippen LogP contribution in [0.1, 0.15) is 41.0 Å². The first-order chi connectivity index (χ1) is 10.5. The van der Waals surface area contributed by atoms with Gasteiger partial charge < -0.3 is 18.5 Å². The molecule has 0 radical (unpaired) electrons. The van der Waals surface area contributed by atoms with Crippen molar-refractivity contribution in [2.75, 3.05) is 20.3 Å². The molecule has 0 saturated carbocycles. The second-order valence-corrected chi connectivity index (χ2v) is 6.61. The normalized spacial score (nSPS) is 14.0. The second-order valence-electron chi connectivity index (χ2n) is 4.67. The topological polar surface area (TPSA) is 84.0 Å². The summed E-state index contributed by atoms with van der Waals surface area (Å²) in [4.78, 5) is 16.5. The lowest BCUT2D eigenvalue weighted by Crippen LogP contribution is -2.26. The highest BCUT2D eigenvalue weighted by Gasteiger charge is 2.38. The van der Waals surface area contributed by atoms with Crippen LogP contribution in [-0.2, 0) is 36.3 Å². The van der Waals surface area contributed by atoms with Crippen molar-refractivity contribution in [3.05, 3.63) is 22.4 Å². The van der Waals surface area contributed by atoms with Crippen LogP contribution in [0.15, 0.2) is 0 Å². The fourth-order valence-electron chi connectivity index (χ4n) is 2.41. The van der Waals surface area contributed by atoms with Crippen molar-refractivity contribution < 1.29 is 27.9 Å². The number of hydrogen-bond acceptors (Lipinski definition) is 7. The predicted molar refractivity (Wildman–Crippen MR) is 79.3 cm³/mol. The molecule has 0 unspecified atom stereocenters. The van der Waals surface area contributed by atoms with Gasteiger partial charge in [0.1, 0.15) is 0 Å². The molecule has 0 bridgehead atoms. The Morgan fingerprint density at radius 3 is 2.36 bits per heavy atom. The van der Waals surface area contributed by atoms with Gasteiger partial charge in [-0.15, -0.1) is 0 Å². The van der Waals surface area contributed by atoms with Gasteiger partial charge in [-0.2, -0.15) is 0 Å². The van der Waals surface area contributed by atoms with Crippen molar-refractivity contribution in [3.63, 3.8) is 0 Å². The molecule has 2 heterocycles. The van der Waals surface area contributed by atoms with Crippen molar-refractivity contribution in [2.24, 2.45) is 0 Å². The summed E-state index contributed by atoms with van der Waals surface area (Å²) < 4.78 is 33.9. The van der Waals surface area contributed by atoms with E-state index in [9.17, 15) is 9.36 Å². The lowest BCUT2D eigenvalue weighted by Gasteiger charge is -2.20. The zero-order valence-electron chi connectivity index (χ0n) is 13.2. The summed E-state index contributed by atoms with van der Waals surface area (Å²) in [7, 11) is -2.44. The molecule has 22 heavy (non-hydrogen) atoms. The first-order valence-corrected chi connectivity index (χ1v) is 8.60. The van der Waals surface area contributed by atoms with Crippen LogP contribution < -0.4 is 5.44 Å². The molecule has 7 nitrogen and oxygen atoms in total. The van der Waals surface area contributed by atoms with Crippen LogP contribution in [0.3, 0.4) is 0 Å². The number of pyridine rings is 1. The highest BCUT2D eigenvalue weighted by molar-refractivity contribution is 7.62. The molecule has 1 aromatic heterocycles. The van der Waals surface area contributed by atoms with Crippen LogP contribution >= 0.6 is 7.60 Å². The standard InChI is InChI=1S/C14H20NO6P/c1-5-20-22(17,21-6-2)13-12(14(16)18-4)11-8-19-7-10(11)9(3)15-13/h5-8H2,1-4H3. The van der Waals surface area contributed by atoms with Crippen LogP contribution in [0.4, 0.5) is 0 Å². The number of methoxy groups -OCH3 is 1. The zero-order valence-corrected chi connectivity index (χ0v) is 14.1. The van der Waals surface area contributed by atoms with E-state index in [1.165, 1.54) is 7.11 Å². The Labute approximate surface area is 129 Å². The Hall–Kier alpha value is -1.27. The molecule has 0 aromatic carbocycles. The summed E-state index contributed by atoms with van der Waals surface area (Å²) in [6.07, 6.45) is 0. The number of aryl methyl sites for hydroxylation is 1. The molecule has 122 valence electrons. The summed E-state index contributed by atoms with van der Waals surface area (Å²) in [5, 5.41) is 0. The summed E-state index contributed by atoms with van der Waals surface area (Å²) >= 11 is 0. The quantitative estimate of drug-likeness (QED) is 0.583. The van der Waals surface area contributed by atoms with Gasteiger partial charge in [0.15, 0.2) is 5.44 Å². The van der Waals surface area contributed by atoms with Crippen molar-refractivity contribution in [3.8, 4) is 0 Å². The van der Waals surface area contributed by atoms with Crippen LogP contribution in [-0.4, -0.2) is 31.3 Å². The number of fused-ring (bicyclic) bond motifs is 1. The van der Waals surface area contributed by atoms with Crippen LogP contribution in [0.5, 0.6) is 0 Å². The molecule has 0 amide bonds. The van der Waals surface area contributed by atoms with E-state index in [0.29, 0.717) is 17.9 Å². The largest absolute Gasteiger partial charge is 0.465 e. The number of esters is 1. The lowest BCUT2D eigenvalue weighted by atomic mass is 10.0. The third-order valence-corrected chi connectivity index (χ3v) is 5.38. The minimum atomic E-state index is -3.70. The van der Waals surface area contributed by atoms with E-state index >= 15 is 0 Å². The average Bonchev–Trinajstić information content (AvgIpc) is 2.97. The maximum atomic E-state index is 13.1. The van der Waals surface area contributed by atoms with Gasteiger partial charge in [0.25, 0.3) is 0 Å². The Morgan fingerprint density at radius 1 is 1.23 bits per heavy atom. The molecule has 0 spiro atoms. The van der Waals surface area contributed by atoms with Gasteiger partial charge in [-0.3, -0.25) is 4.57 Å². The summed E-state index contributed by atoms with van der Waals surface area (Å²) in [6, 6.07) is 0. The number of ether oxygens (including phenoxy) is 2. The number of nitrogens with zero attached hydrogens (tertiary/aromatic N) is 1. The molecule has 1 aromatic rings. The fourth-order valence-corrected chi connectivity index (χ4v) is 4.18. The van der Waals surface area contributed by atoms with Crippen LogP contribution in [0, 0.1) is 6.92 Å². The van der Waals surface area contributed by atoms with E-state index in [2.05, 4.69) is 4.98 Å². The Morgan fingerprint density at radius 2 is 1.82 bits per heavy atom. The molecular weight excluding hydrogens is 309 g/mol. The summed E-state index contributed by atoms with van der Waals surface area (Å²) in [6.45, 7) is 6.14. The summed E-state index contributed by atoms with van der Waals surface area (Å²) in [5.41, 5.74) is 2.25. The number of aromatic nitrogens is 1. The number of rotatable bonds is 6. The molecule has 0 fully saturated rings. The van der Waals surface area contributed by atoms with E-state index in [-0.39, 0.29) is 30.8 Å². The smallest absolute Gasteiger partial charge is 0.380 e. The third-order valence-electron chi connectivity index (χ3n) is 3.34. The Kier molecular flexibility index (Phi) is 5.34. The molecule has 0 aliphatic carbocycles. The SMILES string of the molecule is CCOP(=O)(OCC)c1nc(C)c2c(c1C(=O)OC)COC2. The summed E-state index contributed by atoms with van der Waals surface area (Å²) in [5.74, 6) is -0.621. The van der Waals surface area contributed by atoms with Crippen molar-refractivity contribution in [1.29, 1.82) is 0 Å². The van der Waals surface area contributed by atoms with Gasteiger partial charge in [0.2, 0.25) is 0 Å². The molecule has 0 saturated heterocycles. The molecule has 1 aliphatic heterocycles. The third kappa shape index (κ3) is 2.94. The predicted octanol–water partition coefficient (Wildman–Crippen LogP) is 2.10. The average molecular weight is 329 g/mol. The molecule has 1 aliphatic rings. The van der Waals surface area contributed by atoms with Gasteiger partial charge in [-0.05, 0) is 20.8 Å². The van der Waals surface area contributed by atoms with Crippen molar-refractivity contribution >= 4 is 19.0 Å². The maximum Gasteiger partial charge on any atom is 0.380 e. The van der Waals surface area contributed by atoms with E-state index in [4.69, 9.17) is 18.5 Å². The number of hydrogen-bond donors (Lipinski definition) is 0. The maximum absolute atomic E-state index is 13.1. The molecule has 0 atom stereocenters. The van der Waals surface area contributed by atoms with E-state index < -0.39 is 13.6 Å².